The maximum atomic E-state index is 12.1. The summed E-state index contributed by atoms with van der Waals surface area (Å²) < 4.78 is 33.0. The van der Waals surface area contributed by atoms with Crippen LogP contribution in [0.1, 0.15) is 11.5 Å². The third-order valence-corrected chi connectivity index (χ3v) is 8.34. The van der Waals surface area contributed by atoms with E-state index in [1.54, 1.807) is 0 Å². The van der Waals surface area contributed by atoms with Crippen LogP contribution in [0.5, 0.6) is 11.5 Å². The number of nitrogens with two attached hydrogens (primary N) is 1. The van der Waals surface area contributed by atoms with Gasteiger partial charge in [0.05, 0.1) is 25.2 Å². The molecule has 24 heteroatoms. The van der Waals surface area contributed by atoms with Gasteiger partial charge in [0, 0.05) is 0 Å². The van der Waals surface area contributed by atoms with Crippen molar-refractivity contribution in [2.45, 2.75) is 18.9 Å². The van der Waals surface area contributed by atoms with Gasteiger partial charge in [-0.2, -0.15) is 24.7 Å². The van der Waals surface area contributed by atoms with Crippen molar-refractivity contribution in [1.82, 2.24) is 35.5 Å². The van der Waals surface area contributed by atoms with Gasteiger partial charge in [-0.3, -0.25) is 19.2 Å². The number of nitrogens with zero attached hydrogens (tertiary/aromatic N) is 4. The zero-order valence-electron chi connectivity index (χ0n) is 21.8. The predicted molar refractivity (Wildman–Crippen MR) is 143 cm³/mol. The number of rotatable bonds is 2. The number of aliphatic hydroxyl groups excluding tert-OH is 1. The molecule has 234 valence electrons. The maximum absolute atomic E-state index is 12.1. The molecule has 0 aliphatic carbocycles. The number of H-pyrrole nitrogens is 1. The van der Waals surface area contributed by atoms with E-state index in [1.807, 2.05) is 0 Å². The predicted octanol–water partition coefficient (Wildman–Crippen LogP) is -2.44. The van der Waals surface area contributed by atoms with E-state index in [9.17, 15) is 34.6 Å². The summed E-state index contributed by atoms with van der Waals surface area (Å²) in [5.74, 6) is -3.28. The van der Waals surface area contributed by atoms with Gasteiger partial charge in [0.2, 0.25) is 28.8 Å². The quantitative estimate of drug-likeness (QED) is 0.127. The van der Waals surface area contributed by atoms with E-state index in [-0.39, 0.29) is 30.6 Å². The number of hydrogen-bond acceptors (Lipinski definition) is 20. The Bertz CT molecular complexity index is 1820. The molecule has 2 bridgehead atoms. The minimum absolute atomic E-state index is 0.0769. The number of hydrogen-bond donors (Lipinski definition) is 11. The van der Waals surface area contributed by atoms with Crippen LogP contribution in [0.25, 0.3) is 11.4 Å². The van der Waals surface area contributed by atoms with E-state index in [2.05, 4.69) is 31.0 Å². The molecular formula is C20H23N9O13P2+2. The average Bonchev–Trinajstić information content (AvgIpc) is 3.73. The van der Waals surface area contributed by atoms with Crippen molar-refractivity contribution in [1.29, 1.82) is 0 Å². The van der Waals surface area contributed by atoms with Crippen molar-refractivity contribution >= 4 is 33.6 Å². The fourth-order valence-corrected chi connectivity index (χ4v) is 6.18. The average molecular weight is 659 g/mol. The molecule has 1 unspecified atom stereocenters. The standard InChI is InChI=1S/C20H21N9O13P2/c21-16-10-17(24-4-23-16)28(6-26-10)20-12(31)14-9(40-20)3-38-44(35,36)42-15-11(30)8(2-37-43(33,34)41-14)39-13(15)7-1-22-18-19(32)25-5-27-29(7)18/h1-2,5,11,17,24,30,33-36H,3-4,6H2,(H4-2,21,22,23,25,26,27,31,32)/p+2/b8-2+/t11-,17?/m1/s1. The number of ether oxygens (including phenoxy) is 1. The van der Waals surface area contributed by atoms with Gasteiger partial charge in [-0.1, -0.05) is 0 Å². The Balaban J connectivity index is 1.27. The molecule has 4 aliphatic heterocycles. The van der Waals surface area contributed by atoms with E-state index >= 15 is 0 Å². The lowest BCUT2D eigenvalue weighted by molar-refractivity contribution is 0.102. The molecule has 12 N–H and O–H groups in total. The smallest absolute Gasteiger partial charge is 0.500 e. The Hall–Kier alpha value is -4.37. The number of nitrogens with one attached hydrogen (secondary N) is 4. The van der Waals surface area contributed by atoms with Crippen LogP contribution in [0.2, 0.25) is 0 Å². The largest absolute Gasteiger partial charge is 0.663 e. The normalized spacial score (nSPS) is 25.5. The Kier molecular flexibility index (Phi) is 6.51. The highest BCUT2D eigenvalue weighted by Gasteiger charge is 2.53. The second-order valence-corrected chi connectivity index (χ2v) is 12.2. The second kappa shape index (κ2) is 10.1. The van der Waals surface area contributed by atoms with Gasteiger partial charge in [-0.25, -0.2) is 14.0 Å². The minimum atomic E-state index is -4.92. The molecule has 4 aliphatic rings. The molecule has 0 saturated carbocycles. The molecular weight excluding hydrogens is 636 g/mol. The van der Waals surface area contributed by atoms with Gasteiger partial charge >= 0.3 is 16.3 Å². The van der Waals surface area contributed by atoms with Gasteiger partial charge in [0.1, 0.15) is 24.0 Å². The molecule has 0 amide bonds. The van der Waals surface area contributed by atoms with Crippen molar-refractivity contribution in [3.05, 3.63) is 63.6 Å². The van der Waals surface area contributed by atoms with Crippen LogP contribution in [0.3, 0.4) is 0 Å². The molecule has 22 nitrogen and oxygen atoms in total. The topological polar surface area (TPSA) is 309 Å². The molecule has 1 saturated heterocycles. The van der Waals surface area contributed by atoms with E-state index in [0.29, 0.717) is 17.8 Å². The van der Waals surface area contributed by atoms with Crippen molar-refractivity contribution in [2.24, 2.45) is 5.73 Å². The van der Waals surface area contributed by atoms with Crippen molar-refractivity contribution in [3.63, 3.8) is 0 Å². The maximum Gasteiger partial charge on any atom is 0.663 e. The van der Waals surface area contributed by atoms with E-state index in [1.165, 1.54) is 4.90 Å². The Morgan fingerprint density at radius 3 is 2.77 bits per heavy atom. The molecule has 1 fully saturated rings. The highest BCUT2D eigenvalue weighted by molar-refractivity contribution is 7.55. The number of imidazole rings is 1. The fourth-order valence-electron chi connectivity index (χ4n) is 4.70. The first-order chi connectivity index (χ1) is 20.9. The summed E-state index contributed by atoms with van der Waals surface area (Å²) in [4.78, 5) is 62.5. The van der Waals surface area contributed by atoms with Crippen molar-refractivity contribution in [3.8, 4) is 11.5 Å². The lowest BCUT2D eigenvalue weighted by Crippen LogP contribution is -2.51. The van der Waals surface area contributed by atoms with Crippen LogP contribution in [-0.2, 0) is 24.9 Å². The van der Waals surface area contributed by atoms with Gasteiger partial charge in [-0.15, -0.1) is 4.52 Å². The molecule has 3 aromatic heterocycles. The van der Waals surface area contributed by atoms with Crippen LogP contribution in [-0.4, -0.2) is 75.0 Å². The molecule has 0 radical (unpaired) electrons. The number of aliphatic hydroxyl groups is 1. The van der Waals surface area contributed by atoms with Crippen molar-refractivity contribution in [2.75, 3.05) is 18.2 Å². The first-order valence-electron chi connectivity index (χ1n) is 12.4. The Morgan fingerprint density at radius 1 is 1.14 bits per heavy atom. The minimum Gasteiger partial charge on any atom is -0.500 e. The van der Waals surface area contributed by atoms with Crippen LogP contribution in [0, 0.1) is 0 Å². The zero-order chi connectivity index (χ0) is 31.0. The van der Waals surface area contributed by atoms with E-state index < -0.39 is 75.3 Å². The lowest BCUT2D eigenvalue weighted by Gasteiger charge is -2.28. The fraction of sp³-hybridized carbons (Fsp3) is 0.250. The molecule has 0 spiro atoms. The monoisotopic (exact) mass is 659 g/mol. The number of fused-ring (bicyclic) bond motifs is 5. The van der Waals surface area contributed by atoms with Crippen LogP contribution < -0.4 is 36.7 Å². The lowest BCUT2D eigenvalue weighted by atomic mass is 10.2. The van der Waals surface area contributed by atoms with Gasteiger partial charge in [0.25, 0.3) is 11.3 Å². The summed E-state index contributed by atoms with van der Waals surface area (Å²) in [7, 11) is -9.83. The molecule has 2 atom stereocenters. The molecule has 7 heterocycles. The number of aromatic hydroxyl groups is 1. The Labute approximate surface area is 244 Å². The van der Waals surface area contributed by atoms with Gasteiger partial charge in [-0.05, 0) is 0 Å². The summed E-state index contributed by atoms with van der Waals surface area (Å²) in [6, 6.07) is 0. The summed E-state index contributed by atoms with van der Waals surface area (Å²) in [6.45, 7) is -0.522. The highest BCUT2D eigenvalue weighted by Crippen LogP contribution is 2.61. The van der Waals surface area contributed by atoms with E-state index in [4.69, 9.17) is 33.0 Å². The SMILES string of the molecule is NC1=C2NCN(c3oc4c(c3O)O[P+](O)(O)O/C=C3/OC(c5cnc6c(=O)[nH]cnn56)=C(O[P+](O)(O)OC4)[C@@H]3O)C2NCN1. The summed E-state index contributed by atoms with van der Waals surface area (Å²) in [6.07, 6.45) is 0.237. The number of anilines is 1. The summed E-state index contributed by atoms with van der Waals surface area (Å²) >= 11 is 0. The first kappa shape index (κ1) is 28.4. The number of aromatic nitrogens is 4. The van der Waals surface area contributed by atoms with Gasteiger partial charge in [0.15, 0.2) is 30.5 Å². The van der Waals surface area contributed by atoms with Crippen molar-refractivity contribution < 1.29 is 57.0 Å². The van der Waals surface area contributed by atoms with E-state index in [0.717, 1.165) is 17.0 Å². The van der Waals surface area contributed by atoms with Crippen LogP contribution in [0.15, 0.2) is 51.0 Å². The van der Waals surface area contributed by atoms with Crippen LogP contribution in [0.4, 0.5) is 5.88 Å². The van der Waals surface area contributed by atoms with Gasteiger partial charge < -0.3 is 45.6 Å². The Morgan fingerprint density at radius 2 is 1.95 bits per heavy atom. The first-order valence-corrected chi connectivity index (χ1v) is 15.4. The summed E-state index contributed by atoms with van der Waals surface area (Å²) in [5, 5.41) is 34.9. The number of aromatic amines is 1. The number of furan rings is 1. The second-order valence-electron chi connectivity index (χ2n) is 9.36. The third-order valence-electron chi connectivity index (χ3n) is 6.64. The zero-order valence-corrected chi connectivity index (χ0v) is 23.6. The highest BCUT2D eigenvalue weighted by atomic mass is 31.2. The third kappa shape index (κ3) is 4.70. The molecule has 44 heavy (non-hydrogen) atoms. The summed E-state index contributed by atoms with van der Waals surface area (Å²) in [5.41, 5.74) is 5.66. The molecule has 0 aromatic carbocycles. The van der Waals surface area contributed by atoms with Crippen LogP contribution >= 0.6 is 16.3 Å². The molecule has 7 rings (SSSR count). The molecule has 3 aromatic rings.